The average Bonchev–Trinajstić information content (AvgIpc) is 2.31. The van der Waals surface area contributed by atoms with E-state index in [0.29, 0.717) is 0 Å². The van der Waals surface area contributed by atoms with Crippen molar-refractivity contribution in [3.8, 4) is 0 Å². The van der Waals surface area contributed by atoms with Crippen LogP contribution >= 0.6 is 12.4 Å². The van der Waals surface area contributed by atoms with Crippen LogP contribution < -0.4 is 10.2 Å². The Labute approximate surface area is 104 Å². The van der Waals surface area contributed by atoms with E-state index in [1.165, 1.54) is 31.6 Å². The molecule has 0 bridgehead atoms. The summed E-state index contributed by atoms with van der Waals surface area (Å²) in [6.07, 6.45) is 2.69. The number of rotatable bonds is 3. The Morgan fingerprint density at radius 1 is 1.31 bits per heavy atom. The first-order chi connectivity index (χ1) is 7.36. The zero-order valence-corrected chi connectivity index (χ0v) is 10.7. The summed E-state index contributed by atoms with van der Waals surface area (Å²) in [7, 11) is 2.18. The SMILES string of the molecule is CN(CC1CCCNC1)c1ccccc1.Cl. The molecule has 2 rings (SSSR count). The third kappa shape index (κ3) is 3.69. The van der Waals surface area contributed by atoms with Gasteiger partial charge in [-0.15, -0.1) is 12.4 Å². The van der Waals surface area contributed by atoms with Crippen LogP contribution in [-0.4, -0.2) is 26.7 Å². The molecule has 0 aromatic heterocycles. The van der Waals surface area contributed by atoms with Gasteiger partial charge >= 0.3 is 0 Å². The number of nitrogens with one attached hydrogen (secondary N) is 1. The van der Waals surface area contributed by atoms with E-state index >= 15 is 0 Å². The van der Waals surface area contributed by atoms with Crippen LogP contribution in [0.2, 0.25) is 0 Å². The fourth-order valence-electron chi connectivity index (χ4n) is 2.26. The molecule has 0 saturated carbocycles. The van der Waals surface area contributed by atoms with E-state index in [-0.39, 0.29) is 12.4 Å². The maximum Gasteiger partial charge on any atom is 0.0363 e. The smallest absolute Gasteiger partial charge is 0.0363 e. The van der Waals surface area contributed by atoms with E-state index in [1.807, 2.05) is 0 Å². The monoisotopic (exact) mass is 240 g/mol. The Kier molecular flexibility index (Phi) is 5.64. The third-order valence-corrected chi connectivity index (χ3v) is 3.13. The molecule has 16 heavy (non-hydrogen) atoms. The standard InChI is InChI=1S/C13H20N2.ClH/c1-15(13-7-3-2-4-8-13)11-12-6-5-9-14-10-12;/h2-4,7-8,12,14H,5-6,9-11H2,1H3;1H. The van der Waals surface area contributed by atoms with Crippen LogP contribution in [0.25, 0.3) is 0 Å². The van der Waals surface area contributed by atoms with Gasteiger partial charge in [0.25, 0.3) is 0 Å². The van der Waals surface area contributed by atoms with Crippen molar-refractivity contribution in [1.29, 1.82) is 0 Å². The molecule has 0 radical (unpaired) electrons. The number of piperidine rings is 1. The fraction of sp³-hybridized carbons (Fsp3) is 0.538. The molecule has 1 saturated heterocycles. The minimum atomic E-state index is 0. The molecular formula is C13H21ClN2. The number of anilines is 1. The number of hydrogen-bond donors (Lipinski definition) is 1. The van der Waals surface area contributed by atoms with Crippen molar-refractivity contribution in [2.75, 3.05) is 31.6 Å². The summed E-state index contributed by atoms with van der Waals surface area (Å²) in [5.41, 5.74) is 1.32. The highest BCUT2D eigenvalue weighted by molar-refractivity contribution is 5.85. The van der Waals surface area contributed by atoms with Gasteiger partial charge in [-0.1, -0.05) is 18.2 Å². The summed E-state index contributed by atoms with van der Waals surface area (Å²) in [5.74, 6) is 0.809. The van der Waals surface area contributed by atoms with Gasteiger partial charge < -0.3 is 10.2 Å². The van der Waals surface area contributed by atoms with Gasteiger partial charge in [-0.3, -0.25) is 0 Å². The van der Waals surface area contributed by atoms with E-state index < -0.39 is 0 Å². The molecule has 1 N–H and O–H groups in total. The average molecular weight is 241 g/mol. The summed E-state index contributed by atoms with van der Waals surface area (Å²) in [6.45, 7) is 3.54. The Hall–Kier alpha value is -0.730. The van der Waals surface area contributed by atoms with Crippen molar-refractivity contribution in [2.24, 2.45) is 5.92 Å². The maximum absolute atomic E-state index is 3.46. The number of nitrogens with zero attached hydrogens (tertiary/aromatic N) is 1. The molecule has 1 aromatic carbocycles. The molecule has 1 aliphatic heterocycles. The molecule has 1 unspecified atom stereocenters. The quantitative estimate of drug-likeness (QED) is 0.874. The van der Waals surface area contributed by atoms with Gasteiger partial charge in [-0.05, 0) is 44.0 Å². The molecule has 1 atom stereocenters. The van der Waals surface area contributed by atoms with Gasteiger partial charge in [0.15, 0.2) is 0 Å². The van der Waals surface area contributed by atoms with Crippen molar-refractivity contribution in [3.05, 3.63) is 30.3 Å². The predicted octanol–water partition coefficient (Wildman–Crippen LogP) is 2.54. The zero-order valence-electron chi connectivity index (χ0n) is 9.86. The largest absolute Gasteiger partial charge is 0.374 e. The molecule has 1 aromatic rings. The summed E-state index contributed by atoms with van der Waals surface area (Å²) < 4.78 is 0. The normalized spacial score (nSPS) is 19.9. The van der Waals surface area contributed by atoms with E-state index in [0.717, 1.165) is 12.5 Å². The van der Waals surface area contributed by atoms with Crippen LogP contribution in [0.15, 0.2) is 30.3 Å². The van der Waals surface area contributed by atoms with Gasteiger partial charge in [-0.25, -0.2) is 0 Å². The van der Waals surface area contributed by atoms with E-state index in [2.05, 4.69) is 47.6 Å². The molecule has 1 fully saturated rings. The Bertz CT molecular complexity index is 283. The van der Waals surface area contributed by atoms with Crippen LogP contribution in [0, 0.1) is 5.92 Å². The van der Waals surface area contributed by atoms with Crippen LogP contribution in [0.1, 0.15) is 12.8 Å². The van der Waals surface area contributed by atoms with Crippen molar-refractivity contribution < 1.29 is 0 Å². The molecule has 1 aliphatic rings. The van der Waals surface area contributed by atoms with Crippen molar-refractivity contribution in [2.45, 2.75) is 12.8 Å². The van der Waals surface area contributed by atoms with Crippen LogP contribution in [-0.2, 0) is 0 Å². The molecule has 2 nitrogen and oxygen atoms in total. The Morgan fingerprint density at radius 3 is 2.69 bits per heavy atom. The van der Waals surface area contributed by atoms with E-state index in [1.54, 1.807) is 0 Å². The summed E-state index contributed by atoms with van der Waals surface area (Å²) in [5, 5.41) is 3.46. The first-order valence-corrected chi connectivity index (χ1v) is 5.83. The second-order valence-electron chi connectivity index (χ2n) is 4.43. The number of hydrogen-bond acceptors (Lipinski definition) is 2. The zero-order chi connectivity index (χ0) is 10.5. The van der Waals surface area contributed by atoms with Crippen LogP contribution in [0.3, 0.4) is 0 Å². The minimum absolute atomic E-state index is 0. The molecule has 3 heteroatoms. The number of halogens is 1. The van der Waals surface area contributed by atoms with Crippen molar-refractivity contribution in [1.82, 2.24) is 5.32 Å². The second kappa shape index (κ2) is 6.77. The van der Waals surface area contributed by atoms with Gasteiger partial charge in [0, 0.05) is 19.3 Å². The van der Waals surface area contributed by atoms with Gasteiger partial charge in [0.1, 0.15) is 0 Å². The predicted molar refractivity (Wildman–Crippen MR) is 72.6 cm³/mol. The Morgan fingerprint density at radius 2 is 2.06 bits per heavy atom. The molecule has 1 heterocycles. The highest BCUT2D eigenvalue weighted by Gasteiger charge is 2.14. The topological polar surface area (TPSA) is 15.3 Å². The Balaban J connectivity index is 0.00000128. The highest BCUT2D eigenvalue weighted by atomic mass is 35.5. The minimum Gasteiger partial charge on any atom is -0.374 e. The molecular weight excluding hydrogens is 220 g/mol. The van der Waals surface area contributed by atoms with Crippen LogP contribution in [0.5, 0.6) is 0 Å². The third-order valence-electron chi connectivity index (χ3n) is 3.13. The van der Waals surface area contributed by atoms with E-state index in [9.17, 15) is 0 Å². The molecule has 0 amide bonds. The lowest BCUT2D eigenvalue weighted by Gasteiger charge is -2.28. The lowest BCUT2D eigenvalue weighted by Crippen LogP contribution is -2.36. The van der Waals surface area contributed by atoms with Gasteiger partial charge in [0.2, 0.25) is 0 Å². The molecule has 90 valence electrons. The first kappa shape index (κ1) is 13.3. The maximum atomic E-state index is 3.46. The first-order valence-electron chi connectivity index (χ1n) is 5.83. The van der Waals surface area contributed by atoms with Crippen molar-refractivity contribution in [3.63, 3.8) is 0 Å². The van der Waals surface area contributed by atoms with E-state index in [4.69, 9.17) is 0 Å². The van der Waals surface area contributed by atoms with Gasteiger partial charge in [0.05, 0.1) is 0 Å². The van der Waals surface area contributed by atoms with Crippen molar-refractivity contribution >= 4 is 18.1 Å². The summed E-state index contributed by atoms with van der Waals surface area (Å²) in [6, 6.07) is 10.6. The van der Waals surface area contributed by atoms with Gasteiger partial charge in [-0.2, -0.15) is 0 Å². The summed E-state index contributed by atoms with van der Waals surface area (Å²) in [4.78, 5) is 2.36. The molecule has 0 aliphatic carbocycles. The summed E-state index contributed by atoms with van der Waals surface area (Å²) >= 11 is 0. The molecule has 0 spiro atoms. The number of para-hydroxylation sites is 1. The number of benzene rings is 1. The lowest BCUT2D eigenvalue weighted by molar-refractivity contribution is 0.381. The highest BCUT2D eigenvalue weighted by Crippen LogP contribution is 2.16. The second-order valence-corrected chi connectivity index (χ2v) is 4.43. The van der Waals surface area contributed by atoms with Crippen LogP contribution in [0.4, 0.5) is 5.69 Å². The lowest BCUT2D eigenvalue weighted by atomic mass is 9.99. The fourth-order valence-corrected chi connectivity index (χ4v) is 2.26.